The molecule has 0 atom stereocenters. The molecule has 1 rings (SSSR count). The first-order chi connectivity index (χ1) is 3.80. The summed E-state index contributed by atoms with van der Waals surface area (Å²) in [7, 11) is 0. The van der Waals surface area contributed by atoms with Gasteiger partial charge in [-0.15, -0.1) is 0 Å². The van der Waals surface area contributed by atoms with Gasteiger partial charge in [-0.1, -0.05) is 0 Å². The zero-order valence-electron chi connectivity index (χ0n) is 4.16. The van der Waals surface area contributed by atoms with E-state index < -0.39 is 5.95 Å². The minimum atomic E-state index is -0.396. The monoisotopic (exact) mass is 114 g/mol. The molecular formula is C5H6O3. The molecular weight excluding hydrogens is 108 g/mol. The highest BCUT2D eigenvalue weighted by Gasteiger charge is 2.03. The summed E-state index contributed by atoms with van der Waals surface area (Å²) in [5.41, 5.74) is 0. The van der Waals surface area contributed by atoms with E-state index in [-0.39, 0.29) is 5.76 Å². The second-order valence-corrected chi connectivity index (χ2v) is 1.40. The van der Waals surface area contributed by atoms with Crippen molar-refractivity contribution >= 4 is 0 Å². The van der Waals surface area contributed by atoms with Crippen LogP contribution in [0.2, 0.25) is 0 Å². The Kier molecular flexibility index (Phi) is 1.12. The smallest absolute Gasteiger partial charge is 0.321 e. The summed E-state index contributed by atoms with van der Waals surface area (Å²) in [5.74, 6) is -0.608. The largest absolute Gasteiger partial charge is 0.502 e. The van der Waals surface area contributed by atoms with Gasteiger partial charge >= 0.3 is 5.95 Å². The third-order valence-corrected chi connectivity index (χ3v) is 0.811. The molecule has 1 aliphatic rings. The Bertz CT molecular complexity index is 146. The van der Waals surface area contributed by atoms with Gasteiger partial charge < -0.3 is 14.9 Å². The maximum atomic E-state index is 8.60. The third kappa shape index (κ3) is 0.753. The molecule has 1 aliphatic heterocycles. The average Bonchev–Trinajstić information content (AvgIpc) is 1.77. The third-order valence-electron chi connectivity index (χ3n) is 0.811. The summed E-state index contributed by atoms with van der Waals surface area (Å²) in [6.45, 7) is 0.329. The number of aliphatic hydroxyl groups excluding tert-OH is 2. The molecule has 0 aromatic heterocycles. The maximum Gasteiger partial charge on any atom is 0.321 e. The fourth-order valence-electron chi connectivity index (χ4n) is 0.432. The van der Waals surface area contributed by atoms with Crippen molar-refractivity contribution < 1.29 is 14.9 Å². The molecule has 44 valence electrons. The molecule has 3 heteroatoms. The lowest BCUT2D eigenvalue weighted by atomic mass is 10.4. The van der Waals surface area contributed by atoms with Crippen molar-refractivity contribution in [2.75, 3.05) is 6.61 Å². The Labute approximate surface area is 46.5 Å². The van der Waals surface area contributed by atoms with Crippen molar-refractivity contribution in [2.24, 2.45) is 0 Å². The minimum absolute atomic E-state index is 0.212. The lowest BCUT2D eigenvalue weighted by Crippen LogP contribution is -1.99. The van der Waals surface area contributed by atoms with Crippen LogP contribution < -0.4 is 0 Å². The highest BCUT2D eigenvalue weighted by Crippen LogP contribution is 2.05. The second-order valence-electron chi connectivity index (χ2n) is 1.40. The summed E-state index contributed by atoms with van der Waals surface area (Å²) in [5, 5.41) is 17.1. The lowest BCUT2D eigenvalue weighted by molar-refractivity contribution is 0.0885. The van der Waals surface area contributed by atoms with Gasteiger partial charge in [0.2, 0.25) is 0 Å². The van der Waals surface area contributed by atoms with Crippen LogP contribution in [0, 0.1) is 0 Å². The standard InChI is InChI=1S/C5H6O3/c6-4-2-1-3-8-5(4)7/h1-2,6-7H,3H2. The van der Waals surface area contributed by atoms with Crippen molar-refractivity contribution in [3.63, 3.8) is 0 Å². The molecule has 0 spiro atoms. The van der Waals surface area contributed by atoms with Crippen molar-refractivity contribution in [2.45, 2.75) is 0 Å². The zero-order chi connectivity index (χ0) is 5.98. The van der Waals surface area contributed by atoms with E-state index in [4.69, 9.17) is 10.2 Å². The number of ether oxygens (including phenoxy) is 1. The van der Waals surface area contributed by atoms with Crippen LogP contribution in [-0.2, 0) is 4.74 Å². The zero-order valence-corrected chi connectivity index (χ0v) is 4.16. The Hall–Kier alpha value is -1.12. The fraction of sp³-hybridized carbons (Fsp3) is 0.200. The minimum Gasteiger partial charge on any atom is -0.502 e. The molecule has 0 unspecified atom stereocenters. The van der Waals surface area contributed by atoms with Crippen LogP contribution in [0.1, 0.15) is 0 Å². The van der Waals surface area contributed by atoms with Crippen LogP contribution in [0.25, 0.3) is 0 Å². The Morgan fingerprint density at radius 2 is 2.25 bits per heavy atom. The Morgan fingerprint density at radius 1 is 1.50 bits per heavy atom. The van der Waals surface area contributed by atoms with Gasteiger partial charge in [0.1, 0.15) is 6.61 Å². The molecule has 1 heterocycles. The topological polar surface area (TPSA) is 49.7 Å². The first kappa shape index (κ1) is 5.03. The van der Waals surface area contributed by atoms with E-state index in [1.165, 1.54) is 6.08 Å². The lowest BCUT2D eigenvalue weighted by Gasteiger charge is -2.05. The van der Waals surface area contributed by atoms with E-state index in [1.807, 2.05) is 0 Å². The molecule has 2 N–H and O–H groups in total. The predicted octanol–water partition coefficient (Wildman–Crippen LogP) is 0.858. The van der Waals surface area contributed by atoms with E-state index in [2.05, 4.69) is 4.74 Å². The van der Waals surface area contributed by atoms with E-state index >= 15 is 0 Å². The summed E-state index contributed by atoms with van der Waals surface area (Å²) in [6.07, 6.45) is 2.99. The van der Waals surface area contributed by atoms with Gasteiger partial charge in [-0.25, -0.2) is 0 Å². The van der Waals surface area contributed by atoms with Crippen LogP contribution in [0.3, 0.4) is 0 Å². The van der Waals surface area contributed by atoms with Crippen LogP contribution in [0.4, 0.5) is 0 Å². The fourth-order valence-corrected chi connectivity index (χ4v) is 0.432. The maximum absolute atomic E-state index is 8.60. The Morgan fingerprint density at radius 3 is 2.62 bits per heavy atom. The number of hydrogen-bond donors (Lipinski definition) is 2. The SMILES string of the molecule is OC1=C(O)OCC=C1. The van der Waals surface area contributed by atoms with E-state index in [0.717, 1.165) is 0 Å². The molecule has 0 aromatic carbocycles. The van der Waals surface area contributed by atoms with Crippen LogP contribution >= 0.6 is 0 Å². The van der Waals surface area contributed by atoms with Gasteiger partial charge in [-0.3, -0.25) is 0 Å². The summed E-state index contributed by atoms with van der Waals surface area (Å²) < 4.78 is 4.49. The molecule has 0 aliphatic carbocycles. The van der Waals surface area contributed by atoms with Gasteiger partial charge in [0.15, 0.2) is 5.76 Å². The molecule has 3 nitrogen and oxygen atoms in total. The normalized spacial score (nSPS) is 18.5. The second kappa shape index (κ2) is 1.78. The van der Waals surface area contributed by atoms with Gasteiger partial charge in [0, 0.05) is 0 Å². The van der Waals surface area contributed by atoms with Crippen molar-refractivity contribution in [3.8, 4) is 0 Å². The van der Waals surface area contributed by atoms with Gasteiger partial charge in [0.25, 0.3) is 0 Å². The first-order valence-electron chi connectivity index (χ1n) is 2.22. The van der Waals surface area contributed by atoms with E-state index in [1.54, 1.807) is 6.08 Å². The molecule has 0 saturated carbocycles. The molecule has 0 fully saturated rings. The molecule has 0 saturated heterocycles. The number of allylic oxidation sites excluding steroid dienone is 1. The molecule has 0 radical (unpaired) electrons. The molecule has 0 aromatic rings. The predicted molar refractivity (Wildman–Crippen MR) is 27.4 cm³/mol. The van der Waals surface area contributed by atoms with Crippen LogP contribution in [0.5, 0.6) is 0 Å². The average molecular weight is 114 g/mol. The van der Waals surface area contributed by atoms with Gasteiger partial charge in [-0.05, 0) is 12.2 Å². The summed E-state index contributed by atoms with van der Waals surface area (Å²) >= 11 is 0. The van der Waals surface area contributed by atoms with Crippen molar-refractivity contribution in [3.05, 3.63) is 23.9 Å². The Balaban J connectivity index is 2.76. The highest BCUT2D eigenvalue weighted by molar-refractivity contribution is 5.13. The number of aliphatic hydroxyl groups is 2. The summed E-state index contributed by atoms with van der Waals surface area (Å²) in [6, 6.07) is 0. The van der Waals surface area contributed by atoms with Gasteiger partial charge in [-0.2, -0.15) is 0 Å². The van der Waals surface area contributed by atoms with Crippen molar-refractivity contribution in [1.82, 2.24) is 0 Å². The molecule has 8 heavy (non-hydrogen) atoms. The molecule has 0 bridgehead atoms. The highest BCUT2D eigenvalue weighted by atomic mass is 16.6. The number of hydrogen-bond acceptors (Lipinski definition) is 3. The summed E-state index contributed by atoms with van der Waals surface area (Å²) in [4.78, 5) is 0. The van der Waals surface area contributed by atoms with E-state index in [9.17, 15) is 0 Å². The molecule has 0 amide bonds. The van der Waals surface area contributed by atoms with Gasteiger partial charge in [0.05, 0.1) is 0 Å². The van der Waals surface area contributed by atoms with Crippen LogP contribution in [-0.4, -0.2) is 16.8 Å². The van der Waals surface area contributed by atoms with Crippen molar-refractivity contribution in [1.29, 1.82) is 0 Å². The quantitative estimate of drug-likeness (QED) is 0.491. The van der Waals surface area contributed by atoms with Crippen LogP contribution in [0.15, 0.2) is 23.9 Å². The first-order valence-corrected chi connectivity index (χ1v) is 2.22. The number of rotatable bonds is 0. The van der Waals surface area contributed by atoms with E-state index in [0.29, 0.717) is 6.61 Å².